The van der Waals surface area contributed by atoms with Gasteiger partial charge in [0.2, 0.25) is 0 Å². The van der Waals surface area contributed by atoms with Crippen LogP contribution in [0.3, 0.4) is 0 Å². The second-order valence-electron chi connectivity index (χ2n) is 8.29. The Balaban J connectivity index is 1.32. The monoisotopic (exact) mass is 441 g/mol. The molecule has 1 amide bonds. The number of hydrogen-bond donors (Lipinski definition) is 0. The Bertz CT molecular complexity index is 1120. The number of thiophene rings is 1. The molecule has 162 valence electrons. The number of pyridine rings is 1. The third-order valence-corrected chi connectivity index (χ3v) is 5.86. The minimum atomic E-state index is -0.498. The van der Waals surface area contributed by atoms with E-state index in [1.165, 1.54) is 11.3 Å². The van der Waals surface area contributed by atoms with Gasteiger partial charge < -0.3 is 18.9 Å². The van der Waals surface area contributed by atoms with E-state index in [0.717, 1.165) is 27.8 Å². The zero-order valence-electron chi connectivity index (χ0n) is 17.6. The van der Waals surface area contributed by atoms with Crippen LogP contribution in [0.1, 0.15) is 45.1 Å². The van der Waals surface area contributed by atoms with E-state index < -0.39 is 5.60 Å². The quantitative estimate of drug-likeness (QED) is 0.593. The van der Waals surface area contributed by atoms with Gasteiger partial charge in [-0.05, 0) is 45.7 Å². The van der Waals surface area contributed by atoms with Crippen molar-refractivity contribution in [3.05, 3.63) is 29.8 Å². The Morgan fingerprint density at radius 3 is 2.87 bits per heavy atom. The molecule has 1 aliphatic rings. The summed E-state index contributed by atoms with van der Waals surface area (Å²) < 4.78 is 17.7. The first kappa shape index (κ1) is 21.2. The topological polar surface area (TPSA) is 114 Å². The highest BCUT2D eigenvalue weighted by Gasteiger charge is 2.27. The van der Waals surface area contributed by atoms with Crippen molar-refractivity contribution in [1.82, 2.24) is 20.0 Å². The molecule has 1 fully saturated rings. The number of nitrogens with zero attached hydrogens (tertiary/aromatic N) is 5. The third kappa shape index (κ3) is 5.00. The molecule has 0 aliphatic carbocycles. The number of carbonyl (C=O) groups excluding carboxylic acids is 1. The Morgan fingerprint density at radius 2 is 2.16 bits per heavy atom. The van der Waals surface area contributed by atoms with Crippen LogP contribution in [0.4, 0.5) is 4.79 Å². The van der Waals surface area contributed by atoms with Crippen molar-refractivity contribution >= 4 is 27.5 Å². The van der Waals surface area contributed by atoms with Crippen LogP contribution in [-0.2, 0) is 16.1 Å². The number of piperidine rings is 1. The van der Waals surface area contributed by atoms with Gasteiger partial charge in [-0.3, -0.25) is 0 Å². The highest BCUT2D eigenvalue weighted by Crippen LogP contribution is 2.33. The van der Waals surface area contributed by atoms with Crippen LogP contribution in [-0.4, -0.2) is 50.9 Å². The number of rotatable bonds is 4. The van der Waals surface area contributed by atoms with Gasteiger partial charge >= 0.3 is 6.09 Å². The molecule has 4 rings (SSSR count). The van der Waals surface area contributed by atoms with Gasteiger partial charge in [-0.25, -0.2) is 9.78 Å². The third-order valence-electron chi connectivity index (χ3n) is 4.77. The van der Waals surface area contributed by atoms with Gasteiger partial charge in [0.15, 0.2) is 5.82 Å². The number of nitriles is 1. The van der Waals surface area contributed by atoms with Crippen molar-refractivity contribution in [1.29, 1.82) is 5.26 Å². The fraction of sp³-hybridized carbons (Fsp3) is 0.476. The summed E-state index contributed by atoms with van der Waals surface area (Å²) in [7, 11) is 0. The summed E-state index contributed by atoms with van der Waals surface area (Å²) in [5.74, 6) is 0.851. The first-order valence-corrected chi connectivity index (χ1v) is 10.8. The van der Waals surface area contributed by atoms with E-state index in [4.69, 9.17) is 14.0 Å². The van der Waals surface area contributed by atoms with Crippen molar-refractivity contribution in [2.24, 2.45) is 0 Å². The molecule has 3 aromatic rings. The normalized spacial score (nSPS) is 15.2. The summed E-state index contributed by atoms with van der Waals surface area (Å²) in [6.07, 6.45) is 2.80. The van der Waals surface area contributed by atoms with Gasteiger partial charge in [0, 0.05) is 29.4 Å². The molecular formula is C21H23N5O4S. The van der Waals surface area contributed by atoms with Crippen molar-refractivity contribution in [2.45, 2.75) is 51.9 Å². The molecular weight excluding hydrogens is 418 g/mol. The maximum atomic E-state index is 12.2. The minimum absolute atomic E-state index is 0.0224. The van der Waals surface area contributed by atoms with Gasteiger partial charge in [-0.1, -0.05) is 5.16 Å². The largest absolute Gasteiger partial charge is 0.444 e. The number of fused-ring (bicyclic) bond motifs is 1. The van der Waals surface area contributed by atoms with Crippen LogP contribution in [0.2, 0.25) is 0 Å². The molecule has 0 saturated carbocycles. The number of likely N-dealkylation sites (tertiary alicyclic amines) is 1. The van der Waals surface area contributed by atoms with Gasteiger partial charge in [-0.15, -0.1) is 11.3 Å². The Morgan fingerprint density at radius 1 is 1.39 bits per heavy atom. The smallest absolute Gasteiger partial charge is 0.410 e. The highest BCUT2D eigenvalue weighted by molar-refractivity contribution is 7.22. The van der Waals surface area contributed by atoms with E-state index in [9.17, 15) is 10.1 Å². The summed E-state index contributed by atoms with van der Waals surface area (Å²) in [5, 5.41) is 14.0. The number of amides is 1. The molecule has 0 N–H and O–H groups in total. The maximum absolute atomic E-state index is 12.2. The molecule has 4 heterocycles. The molecule has 0 radical (unpaired) electrons. The average molecular weight is 442 g/mol. The van der Waals surface area contributed by atoms with E-state index >= 15 is 0 Å². The van der Waals surface area contributed by atoms with Crippen molar-refractivity contribution in [2.75, 3.05) is 13.1 Å². The Hall–Kier alpha value is -3.03. The van der Waals surface area contributed by atoms with Crippen LogP contribution in [0.5, 0.6) is 0 Å². The number of ether oxygens (including phenoxy) is 2. The molecule has 0 spiro atoms. The van der Waals surface area contributed by atoms with Crippen molar-refractivity contribution < 1.29 is 18.8 Å². The van der Waals surface area contributed by atoms with Gasteiger partial charge in [-0.2, -0.15) is 10.2 Å². The van der Waals surface area contributed by atoms with Gasteiger partial charge in [0.05, 0.1) is 11.0 Å². The molecule has 0 bridgehead atoms. The second-order valence-corrected chi connectivity index (χ2v) is 9.37. The lowest BCUT2D eigenvalue weighted by Gasteiger charge is -2.33. The van der Waals surface area contributed by atoms with Crippen molar-refractivity contribution in [3.8, 4) is 16.8 Å². The van der Waals surface area contributed by atoms with E-state index in [2.05, 4.69) is 21.2 Å². The molecule has 0 aromatic carbocycles. The lowest BCUT2D eigenvalue weighted by atomic mass is 10.1. The fourth-order valence-corrected chi connectivity index (χ4v) is 4.27. The standard InChI is InChI=1S/C21H23N5O4S/c1-21(2,3)29-20(27)26-8-5-13(6-9-26)28-12-18-24-19(30-25-18)17-10-14-15(11-22)23-7-4-16(14)31-17/h4,7,10,13H,5-6,8-9,12H2,1-3H3. The maximum Gasteiger partial charge on any atom is 0.410 e. The van der Waals surface area contributed by atoms with Crippen LogP contribution >= 0.6 is 11.3 Å². The number of carbonyl (C=O) groups is 1. The number of aromatic nitrogens is 3. The summed E-state index contributed by atoms with van der Waals surface area (Å²) in [6.45, 7) is 6.99. The first-order valence-electron chi connectivity index (χ1n) is 10.0. The Kier molecular flexibility index (Phi) is 5.89. The molecule has 1 saturated heterocycles. The molecule has 0 unspecified atom stereocenters. The molecule has 10 heteroatoms. The average Bonchev–Trinajstić information content (AvgIpc) is 3.38. The second kappa shape index (κ2) is 8.61. The fourth-order valence-electron chi connectivity index (χ4n) is 3.29. The molecule has 9 nitrogen and oxygen atoms in total. The molecule has 0 atom stereocenters. The highest BCUT2D eigenvalue weighted by atomic mass is 32.1. The first-order chi connectivity index (χ1) is 14.8. The molecule has 3 aromatic heterocycles. The van der Waals surface area contributed by atoms with E-state index in [1.807, 2.05) is 32.9 Å². The summed E-state index contributed by atoms with van der Waals surface area (Å²) in [4.78, 5) is 23.1. The lowest BCUT2D eigenvalue weighted by Crippen LogP contribution is -2.43. The van der Waals surface area contributed by atoms with Crippen LogP contribution in [0.15, 0.2) is 22.9 Å². The zero-order valence-corrected chi connectivity index (χ0v) is 18.4. The van der Waals surface area contributed by atoms with E-state index in [1.54, 1.807) is 11.1 Å². The van der Waals surface area contributed by atoms with Gasteiger partial charge in [0.1, 0.15) is 24.0 Å². The molecule has 31 heavy (non-hydrogen) atoms. The lowest BCUT2D eigenvalue weighted by molar-refractivity contribution is -0.0190. The summed E-state index contributed by atoms with van der Waals surface area (Å²) >= 11 is 1.47. The zero-order chi connectivity index (χ0) is 22.0. The summed E-state index contributed by atoms with van der Waals surface area (Å²) in [5.41, 5.74) is -0.122. The minimum Gasteiger partial charge on any atom is -0.444 e. The van der Waals surface area contributed by atoms with Crippen molar-refractivity contribution in [3.63, 3.8) is 0 Å². The van der Waals surface area contributed by atoms with E-state index in [-0.39, 0.29) is 18.8 Å². The van der Waals surface area contributed by atoms with E-state index in [0.29, 0.717) is 30.5 Å². The summed E-state index contributed by atoms with van der Waals surface area (Å²) in [6, 6.07) is 5.79. The Labute approximate surface area is 183 Å². The van der Waals surface area contributed by atoms with Crippen LogP contribution < -0.4 is 0 Å². The van der Waals surface area contributed by atoms with Crippen LogP contribution in [0, 0.1) is 11.3 Å². The molecule has 1 aliphatic heterocycles. The predicted octanol–water partition coefficient (Wildman–Crippen LogP) is 4.13. The van der Waals surface area contributed by atoms with Crippen LogP contribution in [0.25, 0.3) is 20.9 Å². The SMILES string of the molecule is CC(C)(C)OC(=O)N1CCC(OCc2noc(-c3cc4c(C#N)nccc4s3)n2)CC1. The number of hydrogen-bond acceptors (Lipinski definition) is 9. The predicted molar refractivity (Wildman–Crippen MR) is 113 cm³/mol. The van der Waals surface area contributed by atoms with Gasteiger partial charge in [0.25, 0.3) is 5.89 Å².